The zero-order valence-corrected chi connectivity index (χ0v) is 15.2. The second kappa shape index (κ2) is 7.45. The molecular formula is C18H21N3O4S. The third-order valence-corrected chi connectivity index (χ3v) is 4.87. The maximum absolute atomic E-state index is 11.6. The summed E-state index contributed by atoms with van der Waals surface area (Å²) >= 11 is 0. The Balaban J connectivity index is 0.000000269. The van der Waals surface area contributed by atoms with Gasteiger partial charge in [-0.1, -0.05) is 24.3 Å². The van der Waals surface area contributed by atoms with Gasteiger partial charge in [0.1, 0.15) is 0 Å². The van der Waals surface area contributed by atoms with Gasteiger partial charge in [0.05, 0.1) is 11.7 Å². The van der Waals surface area contributed by atoms with Crippen LogP contribution in [0.4, 0.5) is 11.4 Å². The average Bonchev–Trinajstić information content (AvgIpc) is 2.58. The van der Waals surface area contributed by atoms with E-state index in [0.717, 1.165) is 12.2 Å². The molecular weight excluding hydrogens is 354 g/mol. The Kier molecular flexibility index (Phi) is 5.26. The lowest BCUT2D eigenvalue weighted by molar-refractivity contribution is -0.118. The van der Waals surface area contributed by atoms with Crippen LogP contribution >= 0.6 is 0 Å². The molecule has 1 heterocycles. The van der Waals surface area contributed by atoms with Crippen LogP contribution in [0.15, 0.2) is 48.5 Å². The van der Waals surface area contributed by atoms with Gasteiger partial charge in [0.25, 0.3) is 0 Å². The van der Waals surface area contributed by atoms with Crippen LogP contribution in [-0.2, 0) is 15.1 Å². The van der Waals surface area contributed by atoms with Gasteiger partial charge in [-0.05, 0) is 42.3 Å². The van der Waals surface area contributed by atoms with E-state index < -0.39 is 10.3 Å². The lowest BCUT2D eigenvalue weighted by Gasteiger charge is -2.36. The maximum atomic E-state index is 11.6. The normalized spacial score (nSPS) is 17.8. The summed E-state index contributed by atoms with van der Waals surface area (Å²) < 4.78 is 32.1. The van der Waals surface area contributed by atoms with Gasteiger partial charge < -0.3 is 10.2 Å². The molecule has 1 unspecified atom stereocenters. The van der Waals surface area contributed by atoms with Crippen molar-refractivity contribution in [2.75, 3.05) is 29.3 Å². The topological polar surface area (TPSA) is 98.7 Å². The van der Waals surface area contributed by atoms with E-state index in [1.165, 1.54) is 11.1 Å². The fraction of sp³-hybridized carbons (Fsp3) is 0.278. The van der Waals surface area contributed by atoms with Gasteiger partial charge >= 0.3 is 10.3 Å². The maximum Gasteiger partial charge on any atom is 0.357 e. The van der Waals surface area contributed by atoms with Crippen LogP contribution in [0.5, 0.6) is 0 Å². The van der Waals surface area contributed by atoms with Gasteiger partial charge in [0.2, 0.25) is 0 Å². The lowest BCUT2D eigenvalue weighted by atomic mass is 9.95. The van der Waals surface area contributed by atoms with Crippen molar-refractivity contribution in [3.8, 4) is 11.1 Å². The molecule has 1 saturated heterocycles. The zero-order chi connectivity index (χ0) is 18.7. The van der Waals surface area contributed by atoms with Crippen LogP contribution in [0.25, 0.3) is 11.1 Å². The molecule has 1 aromatic rings. The van der Waals surface area contributed by atoms with Crippen LogP contribution in [0.3, 0.4) is 0 Å². The fourth-order valence-electron chi connectivity index (χ4n) is 2.91. The Bertz CT molecular complexity index is 859. The van der Waals surface area contributed by atoms with Gasteiger partial charge in [-0.25, -0.2) is 0 Å². The molecule has 138 valence electrons. The number of hydrogen-bond acceptors (Lipinski definition) is 5. The van der Waals surface area contributed by atoms with Gasteiger partial charge in [0, 0.05) is 25.3 Å². The highest BCUT2D eigenvalue weighted by molar-refractivity contribution is 7.87. The highest BCUT2D eigenvalue weighted by Gasteiger charge is 2.25. The van der Waals surface area contributed by atoms with Crippen molar-refractivity contribution >= 4 is 27.5 Å². The molecule has 3 N–H and O–H groups in total. The first-order chi connectivity index (χ1) is 12.3. The Morgan fingerprint density at radius 1 is 1.12 bits per heavy atom. The van der Waals surface area contributed by atoms with Crippen molar-refractivity contribution in [2.24, 2.45) is 0 Å². The fourth-order valence-corrected chi connectivity index (χ4v) is 3.34. The molecule has 0 saturated carbocycles. The molecule has 0 spiro atoms. The molecule has 26 heavy (non-hydrogen) atoms. The molecule has 4 rings (SSSR count). The molecule has 2 aliphatic carbocycles. The van der Waals surface area contributed by atoms with Crippen molar-refractivity contribution in [3.05, 3.63) is 48.5 Å². The lowest BCUT2D eigenvalue weighted by Crippen LogP contribution is -2.54. The van der Waals surface area contributed by atoms with Gasteiger partial charge in [0.15, 0.2) is 5.78 Å². The molecule has 3 aliphatic rings. The van der Waals surface area contributed by atoms with Gasteiger partial charge in [-0.2, -0.15) is 8.42 Å². The first-order valence-corrected chi connectivity index (χ1v) is 9.71. The quantitative estimate of drug-likeness (QED) is 0.603. The molecule has 1 fully saturated rings. The smallest absolute Gasteiger partial charge is 0.357 e. The Hall–Kier alpha value is -2.42. The predicted molar refractivity (Wildman–Crippen MR) is 102 cm³/mol. The van der Waals surface area contributed by atoms with E-state index in [1.54, 1.807) is 31.2 Å². The molecule has 1 aromatic carbocycles. The minimum Gasteiger partial charge on any atom is -0.359 e. The number of nitrogens with zero attached hydrogens (tertiary/aromatic N) is 1. The summed E-state index contributed by atoms with van der Waals surface area (Å²) in [6.07, 6.45) is 0. The minimum absolute atomic E-state index is 0.0809. The second-order valence-electron chi connectivity index (χ2n) is 6.23. The van der Waals surface area contributed by atoms with Crippen molar-refractivity contribution < 1.29 is 17.8 Å². The molecule has 1 atom stereocenters. The van der Waals surface area contributed by atoms with Crippen molar-refractivity contribution in [1.82, 2.24) is 5.32 Å². The van der Waals surface area contributed by atoms with E-state index >= 15 is 0 Å². The number of benzene rings is 2. The van der Waals surface area contributed by atoms with Crippen LogP contribution in [0.2, 0.25) is 0 Å². The SMILES string of the molecule is CC(=O)C1CNCCN1c1ccc(NS(=O)(=O)O)cc1.c1cc2ccc1-2. The number of fused-ring (bicyclic) bond motifs is 1. The monoisotopic (exact) mass is 375 g/mol. The number of Topliss-reactive ketones (excluding diaryl/α,β-unsaturated/α-hetero) is 1. The molecule has 1 aliphatic heterocycles. The summed E-state index contributed by atoms with van der Waals surface area (Å²) in [6.45, 7) is 3.64. The third-order valence-electron chi connectivity index (χ3n) is 4.38. The van der Waals surface area contributed by atoms with E-state index in [2.05, 4.69) is 29.6 Å². The number of anilines is 2. The summed E-state index contributed by atoms with van der Waals surface area (Å²) in [5.74, 6) is 0.0809. The summed E-state index contributed by atoms with van der Waals surface area (Å²) in [5.41, 5.74) is 3.96. The standard InChI is InChI=1S/C12H17N3O4S.C6H4/c1-9(16)12-8-13-6-7-15(12)11-4-2-10(3-5-11)14-20(17,18)19;1-2-6-4-3-5(1)6/h2-5,12-14H,6-8H2,1H3,(H,17,18,19);1-4H. The highest BCUT2D eigenvalue weighted by atomic mass is 32.2. The Morgan fingerprint density at radius 2 is 1.69 bits per heavy atom. The van der Waals surface area contributed by atoms with Crippen molar-refractivity contribution in [1.29, 1.82) is 0 Å². The highest BCUT2D eigenvalue weighted by Crippen LogP contribution is 2.29. The second-order valence-corrected chi connectivity index (χ2v) is 7.38. The summed E-state index contributed by atoms with van der Waals surface area (Å²) in [6, 6.07) is 14.8. The molecule has 7 nitrogen and oxygen atoms in total. The van der Waals surface area contributed by atoms with E-state index in [1.807, 2.05) is 9.62 Å². The number of piperazine rings is 1. The third kappa shape index (κ3) is 4.40. The Morgan fingerprint density at radius 3 is 2.12 bits per heavy atom. The molecule has 0 amide bonds. The number of hydrogen-bond donors (Lipinski definition) is 3. The van der Waals surface area contributed by atoms with Crippen molar-refractivity contribution in [3.63, 3.8) is 0 Å². The first kappa shape index (κ1) is 18.4. The molecule has 0 radical (unpaired) electrons. The van der Waals surface area contributed by atoms with E-state index in [-0.39, 0.29) is 17.5 Å². The molecule has 8 heteroatoms. The minimum atomic E-state index is -4.27. The van der Waals surface area contributed by atoms with Crippen LogP contribution in [-0.4, -0.2) is 44.4 Å². The molecule has 0 aromatic heterocycles. The zero-order valence-electron chi connectivity index (χ0n) is 14.3. The number of nitrogens with one attached hydrogen (secondary N) is 2. The van der Waals surface area contributed by atoms with Crippen LogP contribution in [0.1, 0.15) is 6.92 Å². The Labute approximate surface area is 152 Å². The molecule has 0 bridgehead atoms. The number of carbonyl (C=O) groups is 1. The van der Waals surface area contributed by atoms with Crippen LogP contribution < -0.4 is 14.9 Å². The van der Waals surface area contributed by atoms with E-state index in [4.69, 9.17) is 4.55 Å². The largest absolute Gasteiger partial charge is 0.359 e. The summed E-state index contributed by atoms with van der Waals surface area (Å²) in [4.78, 5) is 13.6. The van der Waals surface area contributed by atoms with Crippen molar-refractivity contribution in [2.45, 2.75) is 13.0 Å². The summed E-state index contributed by atoms with van der Waals surface area (Å²) in [5, 5.41) is 3.17. The van der Waals surface area contributed by atoms with Gasteiger partial charge in [-0.3, -0.25) is 14.1 Å². The average molecular weight is 375 g/mol. The first-order valence-electron chi connectivity index (χ1n) is 8.27. The number of ketones is 1. The predicted octanol–water partition coefficient (Wildman–Crippen LogP) is 1.94. The van der Waals surface area contributed by atoms with E-state index in [0.29, 0.717) is 13.1 Å². The van der Waals surface area contributed by atoms with Gasteiger partial charge in [-0.15, -0.1) is 0 Å². The summed E-state index contributed by atoms with van der Waals surface area (Å²) in [7, 11) is -4.27. The number of carbonyl (C=O) groups excluding carboxylic acids is 1. The number of rotatable bonds is 4. The van der Waals surface area contributed by atoms with Crippen LogP contribution in [0, 0.1) is 0 Å². The van der Waals surface area contributed by atoms with E-state index in [9.17, 15) is 13.2 Å².